The summed E-state index contributed by atoms with van der Waals surface area (Å²) in [6, 6.07) is 0. The van der Waals surface area contributed by atoms with Crippen LogP contribution in [0, 0.1) is 5.92 Å². The van der Waals surface area contributed by atoms with Crippen molar-refractivity contribution in [2.24, 2.45) is 11.7 Å². The van der Waals surface area contributed by atoms with Gasteiger partial charge in [0.2, 0.25) is 0 Å². The van der Waals surface area contributed by atoms with E-state index < -0.39 is 0 Å². The van der Waals surface area contributed by atoms with Gasteiger partial charge >= 0.3 is 0 Å². The fraction of sp³-hybridized carbons (Fsp3) is 1.00. The van der Waals surface area contributed by atoms with Gasteiger partial charge in [0.15, 0.2) is 0 Å². The molecule has 14 heavy (non-hydrogen) atoms. The van der Waals surface area contributed by atoms with Crippen molar-refractivity contribution in [3.05, 3.63) is 0 Å². The van der Waals surface area contributed by atoms with Crippen LogP contribution in [0.3, 0.4) is 0 Å². The van der Waals surface area contributed by atoms with Crippen molar-refractivity contribution in [1.29, 1.82) is 0 Å². The van der Waals surface area contributed by atoms with E-state index in [1.165, 1.54) is 25.7 Å². The number of nitrogens with two attached hydrogens (primary N) is 1. The Bertz CT molecular complexity index is 166. The van der Waals surface area contributed by atoms with E-state index in [1.807, 2.05) is 0 Å². The Hall–Kier alpha value is -0.0800. The smallest absolute Gasteiger partial charge is 0.0359 e. The number of likely N-dealkylation sites (N-methyl/N-ethyl adjacent to an activating group) is 1. The molecule has 0 saturated heterocycles. The average Bonchev–Trinajstić information content (AvgIpc) is 2.64. The topological polar surface area (TPSA) is 29.3 Å². The zero-order chi connectivity index (χ0) is 10.6. The molecule has 2 N–H and O–H groups in total. The van der Waals surface area contributed by atoms with Crippen molar-refractivity contribution in [2.75, 3.05) is 19.6 Å². The Morgan fingerprint density at radius 2 is 1.93 bits per heavy atom. The fourth-order valence-electron chi connectivity index (χ4n) is 3.38. The molecule has 84 valence electrons. The minimum absolute atomic E-state index is 0.332. The largest absolute Gasteiger partial charge is 0.329 e. The summed E-state index contributed by atoms with van der Waals surface area (Å²) in [4.78, 5) is 2.59. The summed E-state index contributed by atoms with van der Waals surface area (Å²) in [5, 5.41) is 0. The Labute approximate surface area is 88.8 Å². The highest BCUT2D eigenvalue weighted by atomic mass is 15.2. The van der Waals surface area contributed by atoms with Gasteiger partial charge in [0, 0.05) is 12.1 Å². The van der Waals surface area contributed by atoms with Gasteiger partial charge in [0.05, 0.1) is 0 Å². The monoisotopic (exact) mass is 198 g/mol. The van der Waals surface area contributed by atoms with Gasteiger partial charge in [0.25, 0.3) is 0 Å². The van der Waals surface area contributed by atoms with E-state index in [1.54, 1.807) is 0 Å². The molecule has 0 heterocycles. The third-order valence-electron chi connectivity index (χ3n) is 4.16. The summed E-state index contributed by atoms with van der Waals surface area (Å²) in [5.41, 5.74) is 6.38. The molecule has 0 aromatic rings. The molecule has 2 heteroatoms. The maximum absolute atomic E-state index is 6.05. The molecule has 1 saturated carbocycles. The van der Waals surface area contributed by atoms with Crippen LogP contribution in [0.1, 0.15) is 46.5 Å². The second kappa shape index (κ2) is 5.13. The van der Waals surface area contributed by atoms with Crippen LogP contribution in [-0.4, -0.2) is 30.1 Å². The van der Waals surface area contributed by atoms with E-state index in [-0.39, 0.29) is 0 Å². The van der Waals surface area contributed by atoms with Gasteiger partial charge in [-0.1, -0.05) is 33.6 Å². The summed E-state index contributed by atoms with van der Waals surface area (Å²) in [7, 11) is 0. The molecule has 1 aliphatic rings. The van der Waals surface area contributed by atoms with Crippen molar-refractivity contribution in [2.45, 2.75) is 52.0 Å². The van der Waals surface area contributed by atoms with Crippen molar-refractivity contribution < 1.29 is 0 Å². The lowest BCUT2D eigenvalue weighted by Crippen LogP contribution is -2.56. The molecule has 2 unspecified atom stereocenters. The molecule has 1 rings (SSSR count). The second-order valence-corrected chi connectivity index (χ2v) is 4.48. The number of rotatable bonds is 5. The molecule has 0 aromatic carbocycles. The van der Waals surface area contributed by atoms with Crippen LogP contribution >= 0.6 is 0 Å². The van der Waals surface area contributed by atoms with Gasteiger partial charge < -0.3 is 5.73 Å². The summed E-state index contributed by atoms with van der Waals surface area (Å²) < 4.78 is 0. The van der Waals surface area contributed by atoms with Crippen LogP contribution in [0.25, 0.3) is 0 Å². The minimum atomic E-state index is 0.332. The number of hydrogen-bond acceptors (Lipinski definition) is 2. The molecule has 0 amide bonds. The third-order valence-corrected chi connectivity index (χ3v) is 4.16. The van der Waals surface area contributed by atoms with Crippen LogP contribution < -0.4 is 5.73 Å². The molecule has 0 bridgehead atoms. The molecule has 2 nitrogen and oxygen atoms in total. The Morgan fingerprint density at radius 1 is 1.29 bits per heavy atom. The number of nitrogens with zero attached hydrogens (tertiary/aromatic N) is 1. The highest BCUT2D eigenvalue weighted by Gasteiger charge is 2.43. The highest BCUT2D eigenvalue weighted by Crippen LogP contribution is 2.41. The van der Waals surface area contributed by atoms with Gasteiger partial charge in [-0.05, 0) is 31.8 Å². The van der Waals surface area contributed by atoms with E-state index in [2.05, 4.69) is 25.7 Å². The standard InChI is InChI=1S/C12H26N2/c1-4-11-8-7-9-12(11,10-13)14(5-2)6-3/h11H,4-10,13H2,1-3H3. The van der Waals surface area contributed by atoms with Crippen LogP contribution in [-0.2, 0) is 0 Å². The maximum Gasteiger partial charge on any atom is 0.0359 e. The lowest BCUT2D eigenvalue weighted by Gasteiger charge is -2.44. The summed E-state index contributed by atoms with van der Waals surface area (Å²) in [5.74, 6) is 0.826. The van der Waals surface area contributed by atoms with Crippen LogP contribution in [0.5, 0.6) is 0 Å². The van der Waals surface area contributed by atoms with Gasteiger partial charge in [-0.2, -0.15) is 0 Å². The molecule has 2 atom stereocenters. The van der Waals surface area contributed by atoms with Crippen LogP contribution in [0.15, 0.2) is 0 Å². The molecular formula is C12H26N2. The van der Waals surface area contributed by atoms with E-state index >= 15 is 0 Å². The van der Waals surface area contributed by atoms with Gasteiger partial charge in [-0.3, -0.25) is 4.90 Å². The van der Waals surface area contributed by atoms with Crippen molar-refractivity contribution in [3.8, 4) is 0 Å². The number of hydrogen-bond donors (Lipinski definition) is 1. The molecule has 0 spiro atoms. The Kier molecular flexibility index (Phi) is 4.39. The summed E-state index contributed by atoms with van der Waals surface area (Å²) >= 11 is 0. The van der Waals surface area contributed by atoms with Crippen LogP contribution in [0.4, 0.5) is 0 Å². The first-order chi connectivity index (χ1) is 6.75. The zero-order valence-corrected chi connectivity index (χ0v) is 10.1. The van der Waals surface area contributed by atoms with E-state index in [4.69, 9.17) is 5.73 Å². The van der Waals surface area contributed by atoms with E-state index in [0.29, 0.717) is 5.54 Å². The van der Waals surface area contributed by atoms with E-state index in [9.17, 15) is 0 Å². The SMILES string of the molecule is CCC1CCCC1(CN)N(CC)CC. The van der Waals surface area contributed by atoms with Gasteiger partial charge in [-0.15, -0.1) is 0 Å². The van der Waals surface area contributed by atoms with Crippen molar-refractivity contribution >= 4 is 0 Å². The minimum Gasteiger partial charge on any atom is -0.329 e. The summed E-state index contributed by atoms with van der Waals surface area (Å²) in [6.07, 6.45) is 5.34. The normalized spacial score (nSPS) is 32.8. The fourth-order valence-corrected chi connectivity index (χ4v) is 3.38. The average molecular weight is 198 g/mol. The molecule has 0 radical (unpaired) electrons. The third kappa shape index (κ3) is 1.82. The summed E-state index contributed by atoms with van der Waals surface area (Å²) in [6.45, 7) is 9.95. The highest BCUT2D eigenvalue weighted by molar-refractivity contribution is 5.00. The van der Waals surface area contributed by atoms with E-state index in [0.717, 1.165) is 25.6 Å². The molecule has 1 aliphatic carbocycles. The van der Waals surface area contributed by atoms with Crippen molar-refractivity contribution in [3.63, 3.8) is 0 Å². The predicted octanol–water partition coefficient (Wildman–Crippen LogP) is 2.24. The quantitative estimate of drug-likeness (QED) is 0.734. The molecule has 0 aliphatic heterocycles. The molecular weight excluding hydrogens is 172 g/mol. The first-order valence-electron chi connectivity index (χ1n) is 6.20. The Morgan fingerprint density at radius 3 is 2.36 bits per heavy atom. The first kappa shape index (κ1) is 12.0. The lowest BCUT2D eigenvalue weighted by atomic mass is 9.83. The lowest BCUT2D eigenvalue weighted by molar-refractivity contribution is 0.0658. The second-order valence-electron chi connectivity index (χ2n) is 4.48. The molecule has 1 fully saturated rings. The predicted molar refractivity (Wildman–Crippen MR) is 62.3 cm³/mol. The van der Waals surface area contributed by atoms with Crippen LogP contribution in [0.2, 0.25) is 0 Å². The maximum atomic E-state index is 6.05. The zero-order valence-electron chi connectivity index (χ0n) is 10.1. The van der Waals surface area contributed by atoms with Gasteiger partial charge in [0.1, 0.15) is 0 Å². The van der Waals surface area contributed by atoms with Gasteiger partial charge in [-0.25, -0.2) is 0 Å². The van der Waals surface area contributed by atoms with Crippen molar-refractivity contribution in [1.82, 2.24) is 4.90 Å². The molecule has 0 aromatic heterocycles. The first-order valence-corrected chi connectivity index (χ1v) is 6.20. The Balaban J connectivity index is 2.82.